The third-order valence-electron chi connectivity index (χ3n) is 1.44. The van der Waals surface area contributed by atoms with Crippen LogP contribution in [0.5, 0.6) is 0 Å². The van der Waals surface area contributed by atoms with Gasteiger partial charge in [-0.3, -0.25) is 0 Å². The summed E-state index contributed by atoms with van der Waals surface area (Å²) in [5.41, 5.74) is 4.77. The first-order valence-corrected chi connectivity index (χ1v) is 3.60. The summed E-state index contributed by atoms with van der Waals surface area (Å²) in [7, 11) is 3.33. The van der Waals surface area contributed by atoms with E-state index in [1.165, 1.54) is 11.1 Å². The fourth-order valence-electron chi connectivity index (χ4n) is 0.785. The van der Waals surface area contributed by atoms with E-state index in [4.69, 9.17) is 5.73 Å². The van der Waals surface area contributed by atoms with Crippen LogP contribution < -0.4 is 10.6 Å². The van der Waals surface area contributed by atoms with Gasteiger partial charge in [0.15, 0.2) is 0 Å². The predicted octanol–water partition coefficient (Wildman–Crippen LogP) is 1.06. The highest BCUT2D eigenvalue weighted by Crippen LogP contribution is 2.23. The molecule has 0 unspecified atom stereocenters. The minimum atomic E-state index is -2.67. The number of hydrogen-bond donors (Lipinski definition) is 1. The minimum Gasteiger partial charge on any atom is -0.396 e. The lowest BCUT2D eigenvalue weighted by atomic mass is 10.3. The summed E-state index contributed by atoms with van der Waals surface area (Å²) >= 11 is 0. The van der Waals surface area contributed by atoms with Crippen LogP contribution in [0.15, 0.2) is 6.20 Å². The number of alkyl halides is 2. The van der Waals surface area contributed by atoms with Crippen LogP contribution in [0.1, 0.15) is 12.1 Å². The number of halogens is 2. The lowest BCUT2D eigenvalue weighted by molar-refractivity contribution is 0.147. The SMILES string of the molecule is CN(C)c1ncc(N)c(C(F)F)n1. The quantitative estimate of drug-likeness (QED) is 0.754. The van der Waals surface area contributed by atoms with Crippen molar-refractivity contribution in [3.63, 3.8) is 0 Å². The Labute approximate surface area is 74.4 Å². The first kappa shape index (κ1) is 9.63. The fraction of sp³-hybridized carbons (Fsp3) is 0.429. The molecule has 0 aliphatic carbocycles. The Hall–Kier alpha value is -1.46. The van der Waals surface area contributed by atoms with Crippen LogP contribution in [0.2, 0.25) is 0 Å². The second kappa shape index (κ2) is 3.51. The third kappa shape index (κ3) is 2.01. The molecule has 0 aliphatic heterocycles. The van der Waals surface area contributed by atoms with Gasteiger partial charge in [-0.15, -0.1) is 0 Å². The van der Waals surface area contributed by atoms with Gasteiger partial charge < -0.3 is 10.6 Å². The van der Waals surface area contributed by atoms with Crippen molar-refractivity contribution in [2.75, 3.05) is 24.7 Å². The van der Waals surface area contributed by atoms with E-state index < -0.39 is 12.1 Å². The Morgan fingerprint density at radius 3 is 2.54 bits per heavy atom. The van der Waals surface area contributed by atoms with Gasteiger partial charge in [0, 0.05) is 14.1 Å². The molecule has 0 spiro atoms. The van der Waals surface area contributed by atoms with E-state index in [0.29, 0.717) is 0 Å². The van der Waals surface area contributed by atoms with Gasteiger partial charge in [-0.2, -0.15) is 0 Å². The van der Waals surface area contributed by atoms with Crippen LogP contribution >= 0.6 is 0 Å². The maximum absolute atomic E-state index is 12.3. The highest BCUT2D eigenvalue weighted by molar-refractivity contribution is 5.45. The minimum absolute atomic E-state index is 0.0828. The van der Waals surface area contributed by atoms with Crippen LogP contribution in [0.4, 0.5) is 20.4 Å². The number of hydrogen-bond acceptors (Lipinski definition) is 4. The fourth-order valence-corrected chi connectivity index (χ4v) is 0.785. The molecule has 0 saturated carbocycles. The summed E-state index contributed by atoms with van der Waals surface area (Å²) in [4.78, 5) is 8.92. The van der Waals surface area contributed by atoms with Crippen molar-refractivity contribution in [3.05, 3.63) is 11.9 Å². The monoisotopic (exact) mass is 188 g/mol. The maximum atomic E-state index is 12.3. The third-order valence-corrected chi connectivity index (χ3v) is 1.44. The van der Waals surface area contributed by atoms with Gasteiger partial charge in [-0.1, -0.05) is 0 Å². The van der Waals surface area contributed by atoms with Crippen molar-refractivity contribution in [2.45, 2.75) is 6.43 Å². The standard InChI is InChI=1S/C7H10F2N4/c1-13(2)7-11-3-4(10)5(12-7)6(8)9/h3,6H,10H2,1-2H3. The lowest BCUT2D eigenvalue weighted by Crippen LogP contribution is -2.14. The molecule has 0 amide bonds. The molecule has 1 aromatic heterocycles. The summed E-state index contributed by atoms with van der Waals surface area (Å²) in [5, 5.41) is 0. The van der Waals surface area contributed by atoms with Crippen LogP contribution in [0.25, 0.3) is 0 Å². The van der Waals surface area contributed by atoms with Gasteiger partial charge in [0.1, 0.15) is 5.69 Å². The Morgan fingerprint density at radius 2 is 2.08 bits per heavy atom. The van der Waals surface area contributed by atoms with Gasteiger partial charge in [0.2, 0.25) is 5.95 Å². The van der Waals surface area contributed by atoms with E-state index in [0.717, 1.165) is 0 Å². The van der Waals surface area contributed by atoms with Crippen molar-refractivity contribution in [1.82, 2.24) is 9.97 Å². The first-order valence-electron chi connectivity index (χ1n) is 3.60. The summed E-state index contributed by atoms with van der Waals surface area (Å²) < 4.78 is 24.6. The smallest absolute Gasteiger partial charge is 0.282 e. The second-order valence-electron chi connectivity index (χ2n) is 2.71. The highest BCUT2D eigenvalue weighted by atomic mass is 19.3. The van der Waals surface area contributed by atoms with Crippen molar-refractivity contribution in [1.29, 1.82) is 0 Å². The normalized spacial score (nSPS) is 10.5. The number of nitrogens with zero attached hydrogens (tertiary/aromatic N) is 3. The summed E-state index contributed by atoms with van der Waals surface area (Å²) in [5.74, 6) is 0.226. The molecule has 0 radical (unpaired) electrons. The molecule has 13 heavy (non-hydrogen) atoms. The zero-order valence-corrected chi connectivity index (χ0v) is 7.33. The Bertz CT molecular complexity index is 301. The van der Waals surface area contributed by atoms with Gasteiger partial charge >= 0.3 is 0 Å². The number of aromatic nitrogens is 2. The molecule has 0 aromatic carbocycles. The van der Waals surface area contributed by atoms with Crippen molar-refractivity contribution < 1.29 is 8.78 Å². The Kier molecular flexibility index (Phi) is 2.60. The molecule has 2 N–H and O–H groups in total. The van der Waals surface area contributed by atoms with Crippen molar-refractivity contribution >= 4 is 11.6 Å². The van der Waals surface area contributed by atoms with Crippen LogP contribution in [-0.2, 0) is 0 Å². The molecule has 4 nitrogen and oxygen atoms in total. The lowest BCUT2D eigenvalue weighted by Gasteiger charge is -2.11. The van der Waals surface area contributed by atoms with Crippen LogP contribution in [0.3, 0.4) is 0 Å². The van der Waals surface area contributed by atoms with Gasteiger partial charge in [-0.25, -0.2) is 18.7 Å². The molecule has 0 saturated heterocycles. The average molecular weight is 188 g/mol. The van der Waals surface area contributed by atoms with Gasteiger partial charge in [0.05, 0.1) is 11.9 Å². The zero-order valence-electron chi connectivity index (χ0n) is 7.33. The second-order valence-corrected chi connectivity index (χ2v) is 2.71. The van der Waals surface area contributed by atoms with E-state index in [1.54, 1.807) is 14.1 Å². The largest absolute Gasteiger partial charge is 0.396 e. The number of anilines is 2. The summed E-state index contributed by atoms with van der Waals surface area (Å²) in [6, 6.07) is 0. The van der Waals surface area contributed by atoms with Crippen molar-refractivity contribution in [3.8, 4) is 0 Å². The van der Waals surface area contributed by atoms with Gasteiger partial charge in [0.25, 0.3) is 6.43 Å². The molecule has 0 atom stereocenters. The van der Waals surface area contributed by atoms with Crippen molar-refractivity contribution in [2.24, 2.45) is 0 Å². The summed E-state index contributed by atoms with van der Waals surface area (Å²) in [6.07, 6.45) is -1.48. The molecule has 1 aromatic rings. The Balaban J connectivity index is 3.11. The summed E-state index contributed by atoms with van der Waals surface area (Å²) in [6.45, 7) is 0. The molecular formula is C7H10F2N4. The van der Waals surface area contributed by atoms with Crippen LogP contribution in [0, 0.1) is 0 Å². The number of nitrogens with two attached hydrogens (primary N) is 1. The van der Waals surface area contributed by atoms with E-state index >= 15 is 0 Å². The highest BCUT2D eigenvalue weighted by Gasteiger charge is 2.15. The van der Waals surface area contributed by atoms with E-state index in [1.807, 2.05) is 0 Å². The first-order chi connectivity index (χ1) is 6.02. The average Bonchev–Trinajstić information content (AvgIpc) is 2.04. The molecule has 0 bridgehead atoms. The molecule has 0 aliphatic rings. The topological polar surface area (TPSA) is 55.0 Å². The molecule has 0 fully saturated rings. The number of rotatable bonds is 2. The van der Waals surface area contributed by atoms with Crippen LogP contribution in [-0.4, -0.2) is 24.1 Å². The van der Waals surface area contributed by atoms with Gasteiger partial charge in [-0.05, 0) is 0 Å². The predicted molar refractivity (Wildman–Crippen MR) is 45.7 cm³/mol. The molecule has 1 heterocycles. The number of nitrogen functional groups attached to an aromatic ring is 1. The molecular weight excluding hydrogens is 178 g/mol. The van der Waals surface area contributed by atoms with E-state index in [9.17, 15) is 8.78 Å². The zero-order chi connectivity index (χ0) is 10.0. The Morgan fingerprint density at radius 1 is 1.46 bits per heavy atom. The van der Waals surface area contributed by atoms with E-state index in [-0.39, 0.29) is 11.6 Å². The maximum Gasteiger partial charge on any atom is 0.282 e. The molecule has 6 heteroatoms. The van der Waals surface area contributed by atoms with E-state index in [2.05, 4.69) is 9.97 Å². The molecule has 1 rings (SSSR count). The molecule has 72 valence electrons.